The molecule has 2 rings (SSSR count). The standard InChI is InChI=1S/C18H24N4/c1-6-8-13(3)22(5)17(7-2)14-9-10-15-12-20-18(19-4)21-16(15)11-14/h7-12H,6H2,1-5H3,(H,19,20,21)/b13-8+,17-7-. The highest BCUT2D eigenvalue weighted by Gasteiger charge is 2.09. The first-order valence-electron chi connectivity index (χ1n) is 7.62. The molecule has 1 heterocycles. The van der Waals surface area contributed by atoms with Crippen LogP contribution in [0, 0.1) is 0 Å². The Hall–Kier alpha value is -2.36. The predicted molar refractivity (Wildman–Crippen MR) is 94.5 cm³/mol. The van der Waals surface area contributed by atoms with Crippen LogP contribution in [0.1, 0.15) is 32.8 Å². The molecule has 0 saturated heterocycles. The maximum absolute atomic E-state index is 4.53. The Morgan fingerprint density at radius 2 is 2.14 bits per heavy atom. The van der Waals surface area contributed by atoms with Crippen molar-refractivity contribution in [2.75, 3.05) is 19.4 Å². The van der Waals surface area contributed by atoms with Gasteiger partial charge in [-0.1, -0.05) is 31.2 Å². The molecule has 0 bridgehead atoms. The van der Waals surface area contributed by atoms with E-state index in [-0.39, 0.29) is 0 Å². The molecule has 1 aromatic carbocycles. The largest absolute Gasteiger partial charge is 0.357 e. The van der Waals surface area contributed by atoms with Gasteiger partial charge in [-0.25, -0.2) is 9.97 Å². The van der Waals surface area contributed by atoms with E-state index in [1.807, 2.05) is 13.2 Å². The number of benzene rings is 1. The van der Waals surface area contributed by atoms with Crippen molar-refractivity contribution in [3.8, 4) is 0 Å². The van der Waals surface area contributed by atoms with Gasteiger partial charge < -0.3 is 10.2 Å². The predicted octanol–water partition coefficient (Wildman–Crippen LogP) is 4.28. The third-order valence-electron chi connectivity index (χ3n) is 3.77. The second-order valence-corrected chi connectivity index (χ2v) is 5.20. The van der Waals surface area contributed by atoms with Gasteiger partial charge in [-0.05, 0) is 31.9 Å². The summed E-state index contributed by atoms with van der Waals surface area (Å²) in [6.45, 7) is 6.35. The van der Waals surface area contributed by atoms with Gasteiger partial charge in [0, 0.05) is 37.1 Å². The van der Waals surface area contributed by atoms with E-state index in [4.69, 9.17) is 0 Å². The minimum Gasteiger partial charge on any atom is -0.357 e. The van der Waals surface area contributed by atoms with E-state index in [0.717, 1.165) is 22.9 Å². The molecule has 0 aliphatic carbocycles. The van der Waals surface area contributed by atoms with E-state index < -0.39 is 0 Å². The van der Waals surface area contributed by atoms with Gasteiger partial charge in [-0.15, -0.1) is 0 Å². The third-order valence-corrected chi connectivity index (χ3v) is 3.77. The van der Waals surface area contributed by atoms with Crippen LogP contribution in [0.5, 0.6) is 0 Å². The van der Waals surface area contributed by atoms with Crippen LogP contribution in [-0.4, -0.2) is 29.0 Å². The zero-order valence-electron chi connectivity index (χ0n) is 14.0. The molecule has 0 saturated carbocycles. The fraction of sp³-hybridized carbons (Fsp3) is 0.333. The van der Waals surface area contributed by atoms with E-state index in [1.165, 1.54) is 11.4 Å². The molecule has 1 N–H and O–H groups in total. The lowest BCUT2D eigenvalue weighted by Gasteiger charge is -2.24. The fourth-order valence-electron chi connectivity index (χ4n) is 2.48. The molecule has 116 valence electrons. The smallest absolute Gasteiger partial charge is 0.222 e. The lowest BCUT2D eigenvalue weighted by Crippen LogP contribution is -2.14. The van der Waals surface area contributed by atoms with Crippen molar-refractivity contribution in [3.05, 3.63) is 47.8 Å². The molecule has 0 radical (unpaired) electrons. The summed E-state index contributed by atoms with van der Waals surface area (Å²) in [6.07, 6.45) is 7.24. The summed E-state index contributed by atoms with van der Waals surface area (Å²) in [5.74, 6) is 0.641. The lowest BCUT2D eigenvalue weighted by atomic mass is 10.1. The SMILES string of the molecule is C/C=C(/c1ccc2cnc(NC)nc2c1)N(C)/C(C)=C/CC. The summed E-state index contributed by atoms with van der Waals surface area (Å²) in [7, 11) is 3.93. The number of anilines is 1. The summed E-state index contributed by atoms with van der Waals surface area (Å²) >= 11 is 0. The Bertz CT molecular complexity index is 716. The molecule has 22 heavy (non-hydrogen) atoms. The number of fused-ring (bicyclic) bond motifs is 1. The maximum atomic E-state index is 4.53. The lowest BCUT2D eigenvalue weighted by molar-refractivity contribution is 0.593. The molecule has 2 aromatic rings. The number of allylic oxidation sites excluding steroid dienone is 3. The molecule has 0 aliphatic heterocycles. The second-order valence-electron chi connectivity index (χ2n) is 5.20. The van der Waals surface area contributed by atoms with Gasteiger partial charge in [0.2, 0.25) is 5.95 Å². The first-order chi connectivity index (χ1) is 10.6. The van der Waals surface area contributed by atoms with Crippen LogP contribution in [0.3, 0.4) is 0 Å². The van der Waals surface area contributed by atoms with Crippen molar-refractivity contribution in [1.82, 2.24) is 14.9 Å². The highest BCUT2D eigenvalue weighted by atomic mass is 15.1. The summed E-state index contributed by atoms with van der Waals surface area (Å²) in [5.41, 5.74) is 4.52. The quantitative estimate of drug-likeness (QED) is 0.894. The van der Waals surface area contributed by atoms with Crippen LogP contribution in [-0.2, 0) is 0 Å². The molecule has 0 atom stereocenters. The van der Waals surface area contributed by atoms with E-state index in [9.17, 15) is 0 Å². The minimum absolute atomic E-state index is 0.641. The molecule has 4 nitrogen and oxygen atoms in total. The van der Waals surface area contributed by atoms with Crippen LogP contribution in [0.15, 0.2) is 42.2 Å². The normalized spacial score (nSPS) is 12.6. The summed E-state index contributed by atoms with van der Waals surface area (Å²) in [6, 6.07) is 6.30. The van der Waals surface area contributed by atoms with E-state index >= 15 is 0 Å². The van der Waals surface area contributed by atoms with Gasteiger partial charge in [-0.3, -0.25) is 0 Å². The number of nitrogens with one attached hydrogen (secondary N) is 1. The Balaban J connectivity index is 2.45. The van der Waals surface area contributed by atoms with Crippen molar-refractivity contribution in [2.45, 2.75) is 27.2 Å². The molecular formula is C18H24N4. The van der Waals surface area contributed by atoms with Gasteiger partial charge in [0.15, 0.2) is 0 Å². The monoisotopic (exact) mass is 296 g/mol. The van der Waals surface area contributed by atoms with Crippen LogP contribution in [0.4, 0.5) is 5.95 Å². The van der Waals surface area contributed by atoms with Crippen molar-refractivity contribution < 1.29 is 0 Å². The number of hydrogen-bond acceptors (Lipinski definition) is 4. The van der Waals surface area contributed by atoms with Gasteiger partial charge in [0.25, 0.3) is 0 Å². The molecule has 1 aromatic heterocycles. The number of nitrogens with zero attached hydrogens (tertiary/aromatic N) is 3. The first-order valence-corrected chi connectivity index (χ1v) is 7.62. The average molecular weight is 296 g/mol. The van der Waals surface area contributed by atoms with Crippen molar-refractivity contribution in [1.29, 1.82) is 0 Å². The van der Waals surface area contributed by atoms with Gasteiger partial charge in [0.05, 0.1) is 5.52 Å². The molecule has 0 unspecified atom stereocenters. The van der Waals surface area contributed by atoms with Crippen LogP contribution >= 0.6 is 0 Å². The van der Waals surface area contributed by atoms with Gasteiger partial charge in [0.1, 0.15) is 0 Å². The van der Waals surface area contributed by atoms with Gasteiger partial charge in [-0.2, -0.15) is 0 Å². The molecule has 0 aliphatic rings. The van der Waals surface area contributed by atoms with E-state index in [0.29, 0.717) is 5.95 Å². The van der Waals surface area contributed by atoms with Crippen LogP contribution < -0.4 is 5.32 Å². The maximum Gasteiger partial charge on any atom is 0.222 e. The van der Waals surface area contributed by atoms with Crippen molar-refractivity contribution in [3.63, 3.8) is 0 Å². The average Bonchev–Trinajstić information content (AvgIpc) is 2.54. The summed E-state index contributed by atoms with van der Waals surface area (Å²) < 4.78 is 0. The number of rotatable bonds is 5. The Morgan fingerprint density at radius 1 is 1.36 bits per heavy atom. The zero-order valence-corrected chi connectivity index (χ0v) is 14.0. The summed E-state index contributed by atoms with van der Waals surface area (Å²) in [5, 5.41) is 4.03. The Morgan fingerprint density at radius 3 is 2.77 bits per heavy atom. The Kier molecular flexibility index (Phi) is 5.15. The van der Waals surface area contributed by atoms with Crippen molar-refractivity contribution in [2.24, 2.45) is 0 Å². The molecule has 0 fully saturated rings. The molecule has 0 amide bonds. The number of hydrogen-bond donors (Lipinski definition) is 1. The molecule has 4 heteroatoms. The topological polar surface area (TPSA) is 41.1 Å². The molecular weight excluding hydrogens is 272 g/mol. The van der Waals surface area contributed by atoms with Crippen molar-refractivity contribution >= 4 is 22.5 Å². The Labute approximate surface area is 132 Å². The number of aromatic nitrogens is 2. The summed E-state index contributed by atoms with van der Waals surface area (Å²) in [4.78, 5) is 11.0. The van der Waals surface area contributed by atoms with E-state index in [1.54, 1.807) is 0 Å². The zero-order chi connectivity index (χ0) is 16.1. The minimum atomic E-state index is 0.641. The second kappa shape index (κ2) is 7.07. The van der Waals surface area contributed by atoms with E-state index in [2.05, 4.69) is 78.4 Å². The highest BCUT2D eigenvalue weighted by molar-refractivity contribution is 5.83. The first kappa shape index (κ1) is 16.0. The van der Waals surface area contributed by atoms with Crippen LogP contribution in [0.25, 0.3) is 16.6 Å². The van der Waals surface area contributed by atoms with Crippen LogP contribution in [0.2, 0.25) is 0 Å². The molecule has 0 spiro atoms. The van der Waals surface area contributed by atoms with Gasteiger partial charge >= 0.3 is 0 Å². The fourth-order valence-corrected chi connectivity index (χ4v) is 2.48. The highest BCUT2D eigenvalue weighted by Crippen LogP contribution is 2.25. The third kappa shape index (κ3) is 3.27.